The minimum absolute atomic E-state index is 0.150. The van der Waals surface area contributed by atoms with E-state index in [1.807, 2.05) is 32.1 Å². The smallest absolute Gasteiger partial charge is 0.185 e. The van der Waals surface area contributed by atoms with Crippen LogP contribution in [0.4, 0.5) is 0 Å². The van der Waals surface area contributed by atoms with E-state index in [4.69, 9.17) is 0 Å². The first-order chi connectivity index (χ1) is 23.4. The molecule has 0 radical (unpaired) electrons. The van der Waals surface area contributed by atoms with E-state index in [0.29, 0.717) is 6.42 Å². The minimum atomic E-state index is 0.150. The molecule has 0 aliphatic heterocycles. The fourth-order valence-electron chi connectivity index (χ4n) is 5.98. The van der Waals surface area contributed by atoms with Gasteiger partial charge in [-0.3, -0.25) is 4.79 Å². The summed E-state index contributed by atoms with van der Waals surface area (Å²) in [6.07, 6.45) is 37.5. The van der Waals surface area contributed by atoms with Crippen molar-refractivity contribution in [1.82, 2.24) is 0 Å². The summed E-state index contributed by atoms with van der Waals surface area (Å²) in [6, 6.07) is 0. The Morgan fingerprint density at radius 2 is 0.980 bits per heavy atom. The predicted octanol–water partition coefficient (Wildman–Crippen LogP) is 15.2. The molecule has 0 heterocycles. The molecule has 1 rings (SSSR count). The summed E-state index contributed by atoms with van der Waals surface area (Å²) in [7, 11) is 0. The second-order valence-corrected chi connectivity index (χ2v) is 14.5. The summed E-state index contributed by atoms with van der Waals surface area (Å²) in [4.78, 5) is 12.9. The molecule has 268 valence electrons. The van der Waals surface area contributed by atoms with Crippen molar-refractivity contribution < 1.29 is 4.79 Å². The van der Waals surface area contributed by atoms with Crippen LogP contribution in [0, 0.1) is 0 Å². The summed E-state index contributed by atoms with van der Waals surface area (Å²) < 4.78 is 0. The van der Waals surface area contributed by atoms with Crippen LogP contribution in [-0.2, 0) is 4.79 Å². The number of allylic oxidation sites excluding steroid dienone is 21. The molecule has 0 saturated heterocycles. The Kier molecular flexibility index (Phi) is 22.7. The third kappa shape index (κ3) is 20.0. The van der Waals surface area contributed by atoms with E-state index in [9.17, 15) is 4.79 Å². The molecule has 0 fully saturated rings. The normalized spacial score (nSPS) is 16.7. The van der Waals surface area contributed by atoms with Crippen molar-refractivity contribution in [3.63, 3.8) is 0 Å². The van der Waals surface area contributed by atoms with Gasteiger partial charge < -0.3 is 0 Å². The largest absolute Gasteiger partial charge is 0.289 e. The molecule has 1 nitrogen and oxygen atoms in total. The van der Waals surface area contributed by atoms with Crippen LogP contribution in [0.1, 0.15) is 159 Å². The van der Waals surface area contributed by atoms with E-state index in [0.717, 1.165) is 92.9 Å². The highest BCUT2D eigenvalue weighted by Crippen LogP contribution is 2.33. The van der Waals surface area contributed by atoms with Crippen LogP contribution in [0.5, 0.6) is 0 Å². The number of hydrogen-bond donors (Lipinski definition) is 0. The zero-order chi connectivity index (χ0) is 36.6. The molecule has 49 heavy (non-hydrogen) atoms. The Hall–Kier alpha value is -3.41. The predicted molar refractivity (Wildman–Crippen MR) is 220 cm³/mol. The summed E-state index contributed by atoms with van der Waals surface area (Å²) >= 11 is 0. The lowest BCUT2D eigenvalue weighted by Crippen LogP contribution is -2.14. The van der Waals surface area contributed by atoms with Crippen molar-refractivity contribution in [3.8, 4) is 0 Å². The van der Waals surface area contributed by atoms with E-state index < -0.39 is 0 Å². The molecule has 0 aromatic heterocycles. The Labute approximate surface area is 303 Å². The molecule has 0 aromatic rings. The van der Waals surface area contributed by atoms with E-state index in [-0.39, 0.29) is 5.78 Å². The van der Waals surface area contributed by atoms with Crippen LogP contribution < -0.4 is 0 Å². The van der Waals surface area contributed by atoms with Gasteiger partial charge in [0, 0.05) is 23.1 Å². The standard InChI is InChI=1S/C48H70O/c1-12-14-33-46-36-45(13-2)47(44(11)48(46)49)35-34-43(10)32-20-31-42(9)30-19-29-41(8)28-18-27-40(7)26-17-25-39(6)24-16-23-38(5)22-15-21-37(3)4/h12,14,21,23,25,27,29,31,33-34H,2,15-20,22,24,26,28,30,32,35-36H2,1,3-11H3/b14-12-,38-23+,39-25+,40-27+,41-29+,42-31+,43-34+,46-33+. The minimum Gasteiger partial charge on any atom is -0.289 e. The zero-order valence-electron chi connectivity index (χ0n) is 33.3. The van der Waals surface area contributed by atoms with Crippen LogP contribution in [0.25, 0.3) is 0 Å². The van der Waals surface area contributed by atoms with E-state index in [2.05, 4.69) is 110 Å². The summed E-state index contributed by atoms with van der Waals surface area (Å²) in [5, 5.41) is 0. The van der Waals surface area contributed by atoms with Crippen molar-refractivity contribution >= 4 is 5.78 Å². The van der Waals surface area contributed by atoms with Gasteiger partial charge >= 0.3 is 0 Å². The van der Waals surface area contributed by atoms with E-state index >= 15 is 0 Å². The molecule has 0 amide bonds. The van der Waals surface area contributed by atoms with Gasteiger partial charge in [-0.25, -0.2) is 0 Å². The fraction of sp³-hybridized carbons (Fsp3) is 0.500. The highest BCUT2D eigenvalue weighted by molar-refractivity contribution is 6.10. The van der Waals surface area contributed by atoms with Gasteiger partial charge in [0.1, 0.15) is 0 Å². The summed E-state index contributed by atoms with van der Waals surface area (Å²) in [6.45, 7) is 25.7. The van der Waals surface area contributed by atoms with Gasteiger partial charge in [0.2, 0.25) is 0 Å². The van der Waals surface area contributed by atoms with Crippen LogP contribution in [0.3, 0.4) is 0 Å². The highest BCUT2D eigenvalue weighted by Gasteiger charge is 2.24. The monoisotopic (exact) mass is 663 g/mol. The Morgan fingerprint density at radius 3 is 1.33 bits per heavy atom. The van der Waals surface area contributed by atoms with Crippen molar-refractivity contribution in [2.24, 2.45) is 0 Å². The van der Waals surface area contributed by atoms with Gasteiger partial charge in [0.25, 0.3) is 0 Å². The number of ketones is 1. The number of carbonyl (C=O) groups is 1. The molecule has 0 bridgehead atoms. The Morgan fingerprint density at radius 1 is 0.612 bits per heavy atom. The number of hydrogen-bond acceptors (Lipinski definition) is 1. The van der Waals surface area contributed by atoms with Crippen molar-refractivity contribution in [1.29, 1.82) is 0 Å². The highest BCUT2D eigenvalue weighted by atomic mass is 16.1. The zero-order valence-corrected chi connectivity index (χ0v) is 33.3. The van der Waals surface area contributed by atoms with Crippen molar-refractivity contribution in [3.05, 3.63) is 134 Å². The number of carbonyl (C=O) groups excluding carboxylic acids is 1. The molecule has 1 heteroatoms. The van der Waals surface area contributed by atoms with Crippen LogP contribution in [0.15, 0.2) is 134 Å². The molecule has 1 aliphatic rings. The van der Waals surface area contributed by atoms with Gasteiger partial charge in [-0.15, -0.1) is 5.73 Å². The lowest BCUT2D eigenvalue weighted by atomic mass is 9.82. The first-order valence-corrected chi connectivity index (χ1v) is 18.9. The first kappa shape index (κ1) is 43.6. The maximum Gasteiger partial charge on any atom is 0.185 e. The van der Waals surface area contributed by atoms with Gasteiger partial charge in [-0.2, -0.15) is 0 Å². The number of Topliss-reactive ketones (excluding diaryl/α,β-unsaturated/α-hetero) is 1. The van der Waals surface area contributed by atoms with Crippen molar-refractivity contribution in [2.75, 3.05) is 0 Å². The van der Waals surface area contributed by atoms with Gasteiger partial charge in [0.15, 0.2) is 5.78 Å². The Bertz CT molecular complexity index is 1440. The molecule has 0 saturated carbocycles. The SMILES string of the molecule is C=C=C1C/C(=C\C=C/C)C(=O)C(C)=C1C/C=C(\C)CC/C=C(\C)CC/C=C(\C)CC/C=C(\C)CC/C=C(\C)CC/C=C(\C)CCC=C(C)C. The molecule has 0 spiro atoms. The molecule has 0 N–H and O–H groups in total. The molecule has 1 aliphatic carbocycles. The molecular formula is C48H70O. The van der Waals surface area contributed by atoms with Crippen LogP contribution >= 0.6 is 0 Å². The van der Waals surface area contributed by atoms with E-state index in [1.54, 1.807) is 0 Å². The Balaban J connectivity index is 2.40. The third-order valence-corrected chi connectivity index (χ3v) is 9.42. The molecule has 0 unspecified atom stereocenters. The third-order valence-electron chi connectivity index (χ3n) is 9.42. The van der Waals surface area contributed by atoms with Crippen LogP contribution in [0.2, 0.25) is 0 Å². The average Bonchev–Trinajstić information content (AvgIpc) is 3.04. The summed E-state index contributed by atoms with van der Waals surface area (Å²) in [5.41, 5.74) is 17.2. The van der Waals surface area contributed by atoms with Crippen LogP contribution in [-0.4, -0.2) is 5.78 Å². The van der Waals surface area contributed by atoms with Gasteiger partial charge in [-0.05, 0) is 158 Å². The van der Waals surface area contributed by atoms with E-state index in [1.165, 1.54) is 51.9 Å². The molecule has 0 atom stereocenters. The fourth-order valence-corrected chi connectivity index (χ4v) is 5.98. The second kappa shape index (κ2) is 25.5. The topological polar surface area (TPSA) is 17.1 Å². The maximum atomic E-state index is 12.9. The lowest BCUT2D eigenvalue weighted by molar-refractivity contribution is -0.112. The van der Waals surface area contributed by atoms with Crippen molar-refractivity contribution in [2.45, 2.75) is 159 Å². The average molecular weight is 663 g/mol. The lowest BCUT2D eigenvalue weighted by Gasteiger charge is -2.20. The second-order valence-electron chi connectivity index (χ2n) is 14.5. The quantitative estimate of drug-likeness (QED) is 0.0679. The summed E-state index contributed by atoms with van der Waals surface area (Å²) in [5.74, 6) is 0.150. The molecular weight excluding hydrogens is 593 g/mol. The van der Waals surface area contributed by atoms with Gasteiger partial charge in [-0.1, -0.05) is 106 Å². The number of rotatable bonds is 21. The maximum absolute atomic E-state index is 12.9. The van der Waals surface area contributed by atoms with Gasteiger partial charge in [0.05, 0.1) is 0 Å². The first-order valence-electron chi connectivity index (χ1n) is 18.9. The molecule has 0 aromatic carbocycles.